The number of rotatable bonds is 8. The molecule has 2 N–H and O–H groups in total. The fourth-order valence-electron chi connectivity index (χ4n) is 3.76. The van der Waals surface area contributed by atoms with Gasteiger partial charge in [0.2, 0.25) is 11.8 Å². The Kier molecular flexibility index (Phi) is 5.96. The van der Waals surface area contributed by atoms with E-state index in [9.17, 15) is 4.39 Å². The van der Waals surface area contributed by atoms with Gasteiger partial charge in [-0.2, -0.15) is 4.98 Å². The zero-order valence-corrected chi connectivity index (χ0v) is 19.4. The fraction of sp³-hybridized carbons (Fsp3) is 0.208. The van der Waals surface area contributed by atoms with Gasteiger partial charge in [-0.15, -0.1) is 0 Å². The molecule has 5 rings (SSSR count). The molecule has 0 fully saturated rings. The Labute approximate surface area is 200 Å². The molecule has 178 valence electrons. The van der Waals surface area contributed by atoms with E-state index in [-0.39, 0.29) is 0 Å². The number of H-pyrrole nitrogens is 1. The number of pyridine rings is 1. The first-order chi connectivity index (χ1) is 17.1. The minimum absolute atomic E-state index is 0.353. The van der Waals surface area contributed by atoms with Crippen LogP contribution in [0.5, 0.6) is 11.8 Å². The van der Waals surface area contributed by atoms with Crippen LogP contribution in [0.3, 0.4) is 0 Å². The monoisotopic (exact) mass is 474 g/mol. The summed E-state index contributed by atoms with van der Waals surface area (Å²) in [6.07, 6.45) is 3.27. The van der Waals surface area contributed by atoms with Crippen molar-refractivity contribution in [2.24, 2.45) is 7.05 Å². The lowest BCUT2D eigenvalue weighted by Crippen LogP contribution is -2.05. The molecule has 0 aliphatic heterocycles. The summed E-state index contributed by atoms with van der Waals surface area (Å²) in [5, 5.41) is 3.37. The molecule has 0 aliphatic rings. The number of halogens is 1. The molecule has 11 heteroatoms. The van der Waals surface area contributed by atoms with Crippen molar-refractivity contribution in [1.82, 2.24) is 34.5 Å². The van der Waals surface area contributed by atoms with E-state index in [1.807, 2.05) is 35.9 Å². The number of nitrogens with zero attached hydrogens (tertiary/aromatic N) is 6. The molecule has 0 atom stereocenters. The SMILES string of the molecule is COc1ccc(-c2nc(NCc3ccc(-c4nc(CF)cn4C)cc3)c3[nH]cnc3n2)c(OC)n1. The number of aryl methyl sites for hydroxylation is 1. The largest absolute Gasteiger partial charge is 0.481 e. The third kappa shape index (κ3) is 4.35. The highest BCUT2D eigenvalue weighted by Gasteiger charge is 2.16. The van der Waals surface area contributed by atoms with Crippen molar-refractivity contribution in [2.45, 2.75) is 13.2 Å². The molecule has 0 bridgehead atoms. The fourth-order valence-corrected chi connectivity index (χ4v) is 3.76. The second-order valence-electron chi connectivity index (χ2n) is 7.76. The molecule has 0 spiro atoms. The molecule has 0 unspecified atom stereocenters. The van der Waals surface area contributed by atoms with Gasteiger partial charge in [-0.1, -0.05) is 24.3 Å². The van der Waals surface area contributed by atoms with Crippen molar-refractivity contribution in [3.8, 4) is 34.5 Å². The van der Waals surface area contributed by atoms with E-state index in [1.165, 1.54) is 7.11 Å². The number of hydrogen-bond acceptors (Lipinski definition) is 8. The molecule has 5 aromatic rings. The van der Waals surface area contributed by atoms with Gasteiger partial charge in [-0.05, 0) is 11.6 Å². The number of aromatic nitrogens is 7. The molecule has 0 aliphatic carbocycles. The van der Waals surface area contributed by atoms with Crippen LogP contribution >= 0.6 is 0 Å². The molecule has 1 aromatic carbocycles. The topological polar surface area (TPSA) is 116 Å². The van der Waals surface area contributed by atoms with E-state index in [2.05, 4.69) is 30.2 Å². The van der Waals surface area contributed by atoms with E-state index in [1.54, 1.807) is 31.8 Å². The Bertz CT molecular complexity index is 1480. The van der Waals surface area contributed by atoms with Crippen LogP contribution in [0.2, 0.25) is 0 Å². The van der Waals surface area contributed by atoms with E-state index in [4.69, 9.17) is 14.5 Å². The summed E-state index contributed by atoms with van der Waals surface area (Å²) >= 11 is 0. The third-order valence-electron chi connectivity index (χ3n) is 5.50. The van der Waals surface area contributed by atoms with E-state index in [0.717, 1.165) is 17.0 Å². The summed E-state index contributed by atoms with van der Waals surface area (Å²) in [6.45, 7) is -0.0730. The van der Waals surface area contributed by atoms with Crippen LogP contribution in [-0.2, 0) is 20.3 Å². The molecule has 0 radical (unpaired) electrons. The van der Waals surface area contributed by atoms with Crippen molar-refractivity contribution < 1.29 is 13.9 Å². The number of fused-ring (bicyclic) bond motifs is 1. The summed E-state index contributed by atoms with van der Waals surface area (Å²) in [4.78, 5) is 25.3. The van der Waals surface area contributed by atoms with Gasteiger partial charge in [0, 0.05) is 31.4 Å². The second-order valence-corrected chi connectivity index (χ2v) is 7.76. The van der Waals surface area contributed by atoms with Crippen molar-refractivity contribution in [3.05, 3.63) is 60.2 Å². The number of imidazole rings is 2. The molecule has 10 nitrogen and oxygen atoms in total. The third-order valence-corrected chi connectivity index (χ3v) is 5.50. The van der Waals surface area contributed by atoms with Gasteiger partial charge in [-0.25, -0.2) is 24.3 Å². The Morgan fingerprint density at radius 2 is 1.83 bits per heavy atom. The maximum atomic E-state index is 12.9. The van der Waals surface area contributed by atoms with Crippen LogP contribution in [0.1, 0.15) is 11.3 Å². The van der Waals surface area contributed by atoms with Gasteiger partial charge in [-0.3, -0.25) is 0 Å². The Hall–Kier alpha value is -4.54. The van der Waals surface area contributed by atoms with Crippen LogP contribution < -0.4 is 14.8 Å². The highest BCUT2D eigenvalue weighted by Crippen LogP contribution is 2.30. The standard InChI is InChI=1S/C24H23FN8O2/c1-33-12-16(10-25)29-23(33)15-6-4-14(5-7-15)11-26-21-19-22(28-13-27-19)32-20(31-21)17-8-9-18(34-2)30-24(17)35-3/h4-9,12-13H,10-11H2,1-3H3,(H2,26,27,28,31,32). The van der Waals surface area contributed by atoms with Crippen molar-refractivity contribution in [1.29, 1.82) is 0 Å². The number of ether oxygens (including phenoxy) is 2. The second kappa shape index (κ2) is 9.37. The van der Waals surface area contributed by atoms with Gasteiger partial charge >= 0.3 is 0 Å². The molecule has 4 heterocycles. The molecule has 35 heavy (non-hydrogen) atoms. The lowest BCUT2D eigenvalue weighted by atomic mass is 10.1. The summed E-state index contributed by atoms with van der Waals surface area (Å²) in [5.74, 6) is 2.53. The molecular formula is C24H23FN8O2. The first kappa shape index (κ1) is 22.3. The average Bonchev–Trinajstić information content (AvgIpc) is 3.53. The maximum Gasteiger partial charge on any atom is 0.227 e. The van der Waals surface area contributed by atoms with Crippen LogP contribution in [0, 0.1) is 0 Å². The Morgan fingerprint density at radius 1 is 1.00 bits per heavy atom. The first-order valence-electron chi connectivity index (χ1n) is 10.8. The minimum Gasteiger partial charge on any atom is -0.481 e. The van der Waals surface area contributed by atoms with Gasteiger partial charge in [0.15, 0.2) is 17.3 Å². The quantitative estimate of drug-likeness (QED) is 0.348. The van der Waals surface area contributed by atoms with Crippen molar-refractivity contribution in [3.63, 3.8) is 0 Å². The number of methoxy groups -OCH3 is 2. The molecule has 0 amide bonds. The summed E-state index contributed by atoms with van der Waals surface area (Å²) < 4.78 is 25.4. The first-order valence-corrected chi connectivity index (χ1v) is 10.8. The maximum absolute atomic E-state index is 12.9. The Morgan fingerprint density at radius 3 is 2.54 bits per heavy atom. The minimum atomic E-state index is -0.586. The lowest BCUT2D eigenvalue weighted by Gasteiger charge is -2.11. The summed E-state index contributed by atoms with van der Waals surface area (Å²) in [6, 6.07) is 11.4. The van der Waals surface area contributed by atoms with E-state index >= 15 is 0 Å². The number of benzene rings is 1. The molecular weight excluding hydrogens is 451 g/mol. The van der Waals surface area contributed by atoms with E-state index in [0.29, 0.717) is 52.4 Å². The highest BCUT2D eigenvalue weighted by molar-refractivity contribution is 5.85. The molecule has 0 saturated carbocycles. The van der Waals surface area contributed by atoms with Crippen LogP contribution in [0.15, 0.2) is 48.9 Å². The lowest BCUT2D eigenvalue weighted by molar-refractivity contribution is 0.365. The molecule has 4 aromatic heterocycles. The predicted octanol–water partition coefficient (Wildman–Crippen LogP) is 3.91. The van der Waals surface area contributed by atoms with Gasteiger partial charge in [0.25, 0.3) is 0 Å². The van der Waals surface area contributed by atoms with Crippen molar-refractivity contribution >= 4 is 17.0 Å². The van der Waals surface area contributed by atoms with Crippen LogP contribution in [0.25, 0.3) is 33.9 Å². The summed E-state index contributed by atoms with van der Waals surface area (Å²) in [7, 11) is 4.93. The smallest absolute Gasteiger partial charge is 0.227 e. The van der Waals surface area contributed by atoms with Gasteiger partial charge in [0.05, 0.1) is 31.8 Å². The van der Waals surface area contributed by atoms with Gasteiger partial charge < -0.3 is 24.3 Å². The Balaban J connectivity index is 1.41. The number of hydrogen-bond donors (Lipinski definition) is 2. The number of alkyl halides is 1. The number of nitrogens with one attached hydrogen (secondary N) is 2. The predicted molar refractivity (Wildman–Crippen MR) is 129 cm³/mol. The highest BCUT2D eigenvalue weighted by atomic mass is 19.1. The molecule has 0 saturated heterocycles. The van der Waals surface area contributed by atoms with E-state index < -0.39 is 6.67 Å². The average molecular weight is 475 g/mol. The normalized spacial score (nSPS) is 11.1. The van der Waals surface area contributed by atoms with Crippen molar-refractivity contribution in [2.75, 3.05) is 19.5 Å². The van der Waals surface area contributed by atoms with Crippen LogP contribution in [-0.4, -0.2) is 48.7 Å². The summed E-state index contributed by atoms with van der Waals surface area (Å²) in [5.41, 5.74) is 4.19. The van der Waals surface area contributed by atoms with Gasteiger partial charge in [0.1, 0.15) is 18.0 Å². The van der Waals surface area contributed by atoms with Crippen LogP contribution in [0.4, 0.5) is 10.2 Å². The zero-order valence-electron chi connectivity index (χ0n) is 19.4. The number of aromatic amines is 1. The zero-order chi connectivity index (χ0) is 24.4. The number of anilines is 1.